The van der Waals surface area contributed by atoms with E-state index in [1.54, 1.807) is 37.4 Å². The fraction of sp³-hybridized carbons (Fsp3) is 0.233. The van der Waals surface area contributed by atoms with Crippen molar-refractivity contribution < 1.29 is 32.2 Å². The number of ether oxygens (including phenoxy) is 3. The summed E-state index contributed by atoms with van der Waals surface area (Å²) in [6, 6.07) is 17.9. The van der Waals surface area contributed by atoms with Crippen molar-refractivity contribution in [2.24, 2.45) is 25.8 Å². The zero-order valence-corrected chi connectivity index (χ0v) is 25.0. The second kappa shape index (κ2) is 16.8. The van der Waals surface area contributed by atoms with Crippen molar-refractivity contribution in [1.82, 2.24) is 5.43 Å². The molecule has 0 aromatic heterocycles. The molecule has 0 bridgehead atoms. The van der Waals surface area contributed by atoms with E-state index in [0.717, 1.165) is 34.5 Å². The molecular formula is C30H31F3N6O4S. The van der Waals surface area contributed by atoms with Gasteiger partial charge in [-0.1, -0.05) is 42.5 Å². The van der Waals surface area contributed by atoms with Gasteiger partial charge in [-0.15, -0.1) is 13.2 Å². The van der Waals surface area contributed by atoms with Gasteiger partial charge in [0.05, 0.1) is 17.6 Å². The van der Waals surface area contributed by atoms with E-state index in [0.29, 0.717) is 23.0 Å². The van der Waals surface area contributed by atoms with Gasteiger partial charge in [0.25, 0.3) is 0 Å². The third kappa shape index (κ3) is 11.9. The van der Waals surface area contributed by atoms with Crippen LogP contribution in [-0.2, 0) is 14.3 Å². The molecule has 0 atom stereocenters. The van der Waals surface area contributed by atoms with Crippen LogP contribution >= 0.6 is 11.8 Å². The number of nitrogens with two attached hydrogens (primary N) is 1. The van der Waals surface area contributed by atoms with Gasteiger partial charge in [-0.05, 0) is 73.5 Å². The number of esters is 1. The Balaban J connectivity index is 1.62. The fourth-order valence-electron chi connectivity index (χ4n) is 3.42. The molecule has 0 unspecified atom stereocenters. The van der Waals surface area contributed by atoms with Crippen LogP contribution in [0.5, 0.6) is 5.75 Å². The second-order valence-corrected chi connectivity index (χ2v) is 9.78. The number of nitrogens with zero attached hydrogens (tertiary/aromatic N) is 4. The predicted octanol–water partition coefficient (Wildman–Crippen LogP) is 6.15. The van der Waals surface area contributed by atoms with E-state index in [9.17, 15) is 18.0 Å². The SMILES string of the molecule is CCOCC(=O)OCSC(=Nc1c(C)cccc1C)N/N=C/c1ccc(C(N)=NC=Nc2ccc(OC(F)(F)F)cc2)cc1. The van der Waals surface area contributed by atoms with Crippen LogP contribution in [0.25, 0.3) is 0 Å². The summed E-state index contributed by atoms with van der Waals surface area (Å²) in [5.74, 6) is -0.615. The highest BCUT2D eigenvalue weighted by molar-refractivity contribution is 8.13. The second-order valence-electron chi connectivity index (χ2n) is 8.87. The highest BCUT2D eigenvalue weighted by atomic mass is 32.2. The number of para-hydroxylation sites is 1. The van der Waals surface area contributed by atoms with Crippen LogP contribution in [0.15, 0.2) is 86.8 Å². The molecule has 0 fully saturated rings. The summed E-state index contributed by atoms with van der Waals surface area (Å²) < 4.78 is 50.9. The highest BCUT2D eigenvalue weighted by Crippen LogP contribution is 2.25. The van der Waals surface area contributed by atoms with Crippen LogP contribution < -0.4 is 15.9 Å². The molecule has 232 valence electrons. The Morgan fingerprint density at radius 3 is 2.34 bits per heavy atom. The highest BCUT2D eigenvalue weighted by Gasteiger charge is 2.30. The van der Waals surface area contributed by atoms with Gasteiger partial charge in [0.2, 0.25) is 0 Å². The molecule has 14 heteroatoms. The van der Waals surface area contributed by atoms with E-state index in [-0.39, 0.29) is 24.1 Å². The van der Waals surface area contributed by atoms with Gasteiger partial charge >= 0.3 is 12.3 Å². The Hall–Kier alpha value is -4.69. The third-order valence-electron chi connectivity index (χ3n) is 5.55. The lowest BCUT2D eigenvalue weighted by molar-refractivity contribution is -0.274. The van der Waals surface area contributed by atoms with Gasteiger partial charge in [-0.3, -0.25) is 5.43 Å². The number of thioether (sulfide) groups is 1. The molecule has 44 heavy (non-hydrogen) atoms. The molecule has 3 rings (SSSR count). The smallest absolute Gasteiger partial charge is 0.452 e. The lowest BCUT2D eigenvalue weighted by atomic mass is 10.1. The number of aryl methyl sites for hydroxylation is 2. The van der Waals surface area contributed by atoms with E-state index >= 15 is 0 Å². The maximum Gasteiger partial charge on any atom is 0.573 e. The quantitative estimate of drug-likeness (QED) is 0.0809. The zero-order valence-electron chi connectivity index (χ0n) is 24.2. The van der Waals surface area contributed by atoms with E-state index in [4.69, 9.17) is 20.2 Å². The number of nitrogens with one attached hydrogen (secondary N) is 1. The summed E-state index contributed by atoms with van der Waals surface area (Å²) >= 11 is 1.18. The van der Waals surface area contributed by atoms with E-state index in [2.05, 4.69) is 25.2 Å². The number of halogens is 3. The Bertz CT molecular complexity index is 1490. The molecule has 10 nitrogen and oxygen atoms in total. The molecule has 0 heterocycles. The van der Waals surface area contributed by atoms with Gasteiger partial charge in [-0.2, -0.15) is 5.10 Å². The minimum atomic E-state index is -4.76. The van der Waals surface area contributed by atoms with Gasteiger partial charge in [0.15, 0.2) is 5.17 Å². The normalized spacial score (nSPS) is 12.6. The van der Waals surface area contributed by atoms with E-state index in [1.807, 2.05) is 32.0 Å². The third-order valence-corrected chi connectivity index (χ3v) is 6.24. The molecule has 0 saturated heterocycles. The van der Waals surface area contributed by atoms with Crippen molar-refractivity contribution >= 4 is 52.7 Å². The summed E-state index contributed by atoms with van der Waals surface area (Å²) in [6.45, 7) is 5.99. The Morgan fingerprint density at radius 2 is 1.70 bits per heavy atom. The number of amidine groups is 2. The average Bonchev–Trinajstić information content (AvgIpc) is 2.98. The number of hydrazone groups is 1. The molecule has 3 aromatic rings. The topological polar surface area (TPSA) is 132 Å². The molecular weight excluding hydrogens is 597 g/mol. The minimum Gasteiger partial charge on any atom is -0.452 e. The average molecular weight is 629 g/mol. The Labute approximate surface area is 256 Å². The number of aliphatic imine (C=N–C) groups is 3. The number of carbonyl (C=O) groups excluding carboxylic acids is 1. The molecule has 0 amide bonds. The molecule has 0 aliphatic carbocycles. The van der Waals surface area contributed by atoms with Crippen LogP contribution in [0, 0.1) is 13.8 Å². The summed E-state index contributed by atoms with van der Waals surface area (Å²) in [4.78, 5) is 24.6. The van der Waals surface area contributed by atoms with Gasteiger partial charge in [-0.25, -0.2) is 19.8 Å². The van der Waals surface area contributed by atoms with Gasteiger partial charge < -0.3 is 19.9 Å². The van der Waals surface area contributed by atoms with Crippen LogP contribution in [0.1, 0.15) is 29.2 Å². The zero-order chi connectivity index (χ0) is 32.0. The van der Waals surface area contributed by atoms with Crippen molar-refractivity contribution in [3.05, 3.63) is 89.0 Å². The monoisotopic (exact) mass is 628 g/mol. The Morgan fingerprint density at radius 1 is 1.02 bits per heavy atom. The molecule has 0 aliphatic heterocycles. The van der Waals surface area contributed by atoms with Crippen LogP contribution in [-0.4, -0.2) is 55.0 Å². The summed E-state index contributed by atoms with van der Waals surface area (Å²) in [5.41, 5.74) is 13.5. The number of rotatable bonds is 12. The van der Waals surface area contributed by atoms with Crippen LogP contribution in [0.2, 0.25) is 0 Å². The van der Waals surface area contributed by atoms with Crippen molar-refractivity contribution in [2.75, 3.05) is 19.2 Å². The number of hydrogen-bond acceptors (Lipinski definition) is 8. The van der Waals surface area contributed by atoms with Crippen LogP contribution in [0.4, 0.5) is 24.5 Å². The van der Waals surface area contributed by atoms with Crippen molar-refractivity contribution in [1.29, 1.82) is 0 Å². The first-order valence-corrected chi connectivity index (χ1v) is 14.1. The van der Waals surface area contributed by atoms with E-state index < -0.39 is 12.3 Å². The molecule has 3 aromatic carbocycles. The van der Waals surface area contributed by atoms with Crippen LogP contribution in [0.3, 0.4) is 0 Å². The Kier molecular flexibility index (Phi) is 12.9. The predicted molar refractivity (Wildman–Crippen MR) is 167 cm³/mol. The molecule has 0 radical (unpaired) electrons. The maximum atomic E-state index is 12.3. The molecule has 0 saturated carbocycles. The number of benzene rings is 3. The molecule has 0 spiro atoms. The van der Waals surface area contributed by atoms with E-state index in [1.165, 1.54) is 30.2 Å². The fourth-order valence-corrected chi connectivity index (χ4v) is 3.99. The van der Waals surface area contributed by atoms with Crippen molar-refractivity contribution in [3.63, 3.8) is 0 Å². The van der Waals surface area contributed by atoms with Gasteiger partial charge in [0, 0.05) is 12.2 Å². The van der Waals surface area contributed by atoms with Crippen molar-refractivity contribution in [3.8, 4) is 5.75 Å². The molecule has 3 N–H and O–H groups in total. The first-order chi connectivity index (χ1) is 21.0. The summed E-state index contributed by atoms with van der Waals surface area (Å²) in [5, 5.41) is 4.71. The number of alkyl halides is 3. The first-order valence-electron chi connectivity index (χ1n) is 13.2. The lowest BCUT2D eigenvalue weighted by Crippen LogP contribution is -2.17. The number of carbonyl (C=O) groups is 1. The van der Waals surface area contributed by atoms with Gasteiger partial charge in [0.1, 0.15) is 30.5 Å². The van der Waals surface area contributed by atoms with Crippen molar-refractivity contribution in [2.45, 2.75) is 27.1 Å². The lowest BCUT2D eigenvalue weighted by Gasteiger charge is -2.09. The number of hydrogen-bond donors (Lipinski definition) is 2. The largest absolute Gasteiger partial charge is 0.573 e. The minimum absolute atomic E-state index is 0.0204. The maximum absolute atomic E-state index is 12.3. The molecule has 0 aliphatic rings. The summed E-state index contributed by atoms with van der Waals surface area (Å²) in [7, 11) is 0. The standard InChI is InChI=1S/C30H31F3N6O4S/c1-4-41-17-26(40)42-19-44-29(38-27-20(2)6-5-7-21(27)3)39-37-16-22-8-10-23(11-9-22)28(34)36-18-35-24-12-14-25(15-13-24)43-30(31,32)33/h5-16,18H,4,17,19H2,1-3H3,(H,38,39)(H2,34,35,36)/b37-16+. The first kappa shape index (κ1) is 33.8. The summed E-state index contributed by atoms with van der Waals surface area (Å²) in [6.07, 6.45) is -1.97.